The maximum absolute atomic E-state index is 12.3. The zero-order valence-corrected chi connectivity index (χ0v) is 16.9. The fourth-order valence-electron chi connectivity index (χ4n) is 4.05. The van der Waals surface area contributed by atoms with E-state index in [0.29, 0.717) is 12.3 Å². The molecule has 154 valence electrons. The van der Waals surface area contributed by atoms with Crippen molar-refractivity contribution in [2.45, 2.75) is 18.9 Å². The minimum Gasteiger partial charge on any atom is -0.456 e. The standard InChI is InChI=1S/C24H21N5O2/c1-2-22(30)28-13-4-6-20(28)24-27-23(21-16-26-12-14-29(21)24)17-7-9-18(10-8-17)31-19-5-3-11-25-15-19/h2-3,5,7-12,14-16,20H,1,4,6,13H2. The van der Waals surface area contributed by atoms with Gasteiger partial charge in [-0.15, -0.1) is 0 Å². The normalized spacial score (nSPS) is 15.9. The van der Waals surface area contributed by atoms with Crippen molar-refractivity contribution in [3.05, 3.63) is 85.9 Å². The molecule has 0 spiro atoms. The third kappa shape index (κ3) is 3.54. The molecule has 1 atom stereocenters. The molecule has 0 saturated carbocycles. The smallest absolute Gasteiger partial charge is 0.246 e. The number of fused-ring (bicyclic) bond motifs is 1. The number of pyridine rings is 1. The first-order chi connectivity index (χ1) is 15.2. The second kappa shape index (κ2) is 8.02. The van der Waals surface area contributed by atoms with Crippen molar-refractivity contribution in [3.63, 3.8) is 0 Å². The largest absolute Gasteiger partial charge is 0.456 e. The third-order valence-electron chi connectivity index (χ3n) is 5.48. The number of benzene rings is 1. The average molecular weight is 411 g/mol. The van der Waals surface area contributed by atoms with Gasteiger partial charge in [0.2, 0.25) is 5.91 Å². The molecule has 1 aliphatic heterocycles. The lowest BCUT2D eigenvalue weighted by atomic mass is 10.1. The number of rotatable bonds is 5. The second-order valence-corrected chi connectivity index (χ2v) is 7.36. The molecule has 7 nitrogen and oxygen atoms in total. The molecule has 0 radical (unpaired) electrons. The van der Waals surface area contributed by atoms with E-state index >= 15 is 0 Å². The summed E-state index contributed by atoms with van der Waals surface area (Å²) in [5.74, 6) is 2.18. The van der Waals surface area contributed by atoms with Crippen LogP contribution in [0.2, 0.25) is 0 Å². The van der Waals surface area contributed by atoms with E-state index in [1.165, 1.54) is 6.08 Å². The van der Waals surface area contributed by atoms with Crippen molar-refractivity contribution in [2.75, 3.05) is 6.54 Å². The van der Waals surface area contributed by atoms with Crippen LogP contribution in [-0.4, -0.2) is 36.7 Å². The van der Waals surface area contributed by atoms with Gasteiger partial charge in [-0.2, -0.15) is 0 Å². The Morgan fingerprint density at radius 1 is 1.10 bits per heavy atom. The van der Waals surface area contributed by atoms with Gasteiger partial charge >= 0.3 is 0 Å². The summed E-state index contributed by atoms with van der Waals surface area (Å²) in [6, 6.07) is 11.4. The molecular weight excluding hydrogens is 390 g/mol. The summed E-state index contributed by atoms with van der Waals surface area (Å²) in [5, 5.41) is 0. The number of hydrogen-bond acceptors (Lipinski definition) is 5. The summed E-state index contributed by atoms with van der Waals surface area (Å²) in [5.41, 5.74) is 2.68. The van der Waals surface area contributed by atoms with Gasteiger partial charge in [0.05, 0.1) is 29.6 Å². The van der Waals surface area contributed by atoms with Gasteiger partial charge in [0, 0.05) is 30.7 Å². The predicted octanol–water partition coefficient (Wildman–Crippen LogP) is 4.43. The molecule has 5 rings (SSSR count). The molecule has 31 heavy (non-hydrogen) atoms. The van der Waals surface area contributed by atoms with Crippen LogP contribution in [0.5, 0.6) is 11.5 Å². The lowest BCUT2D eigenvalue weighted by Gasteiger charge is -2.22. The lowest BCUT2D eigenvalue weighted by Crippen LogP contribution is -2.29. The third-order valence-corrected chi connectivity index (χ3v) is 5.48. The number of ether oxygens (including phenoxy) is 1. The van der Waals surface area contributed by atoms with Crippen LogP contribution in [0.1, 0.15) is 24.7 Å². The Morgan fingerprint density at radius 2 is 1.94 bits per heavy atom. The predicted molar refractivity (Wildman–Crippen MR) is 117 cm³/mol. The van der Waals surface area contributed by atoms with Crippen molar-refractivity contribution >= 4 is 11.4 Å². The Balaban J connectivity index is 1.51. The van der Waals surface area contributed by atoms with Gasteiger partial charge in [-0.1, -0.05) is 6.58 Å². The first-order valence-electron chi connectivity index (χ1n) is 10.2. The van der Waals surface area contributed by atoms with Crippen LogP contribution in [0, 0.1) is 0 Å². The first kappa shape index (κ1) is 19.0. The van der Waals surface area contributed by atoms with Crippen molar-refractivity contribution in [1.82, 2.24) is 24.3 Å². The summed E-state index contributed by atoms with van der Waals surface area (Å²) >= 11 is 0. The maximum Gasteiger partial charge on any atom is 0.246 e. The van der Waals surface area contributed by atoms with Crippen molar-refractivity contribution in [1.29, 1.82) is 0 Å². The highest BCUT2D eigenvalue weighted by Crippen LogP contribution is 2.35. The van der Waals surface area contributed by atoms with Crippen LogP contribution in [-0.2, 0) is 4.79 Å². The van der Waals surface area contributed by atoms with E-state index in [1.807, 2.05) is 51.9 Å². The Kier molecular flexibility index (Phi) is 4.92. The van der Waals surface area contributed by atoms with Gasteiger partial charge in [-0.25, -0.2) is 4.98 Å². The number of imidazole rings is 1. The van der Waals surface area contributed by atoms with E-state index in [2.05, 4.69) is 16.5 Å². The van der Waals surface area contributed by atoms with Crippen LogP contribution in [0.4, 0.5) is 0 Å². The molecule has 0 aliphatic carbocycles. The number of amides is 1. The van der Waals surface area contributed by atoms with Crippen LogP contribution in [0.15, 0.2) is 80.0 Å². The molecule has 1 unspecified atom stereocenters. The Bertz CT molecular complexity index is 1230. The number of carbonyl (C=O) groups is 1. The number of likely N-dealkylation sites (tertiary alicyclic amines) is 1. The monoisotopic (exact) mass is 411 g/mol. The average Bonchev–Trinajstić information content (AvgIpc) is 3.45. The van der Waals surface area contributed by atoms with Gasteiger partial charge in [0.15, 0.2) is 0 Å². The Labute approximate surface area is 179 Å². The van der Waals surface area contributed by atoms with Gasteiger partial charge in [0.1, 0.15) is 17.3 Å². The number of aromatic nitrogens is 4. The van der Waals surface area contributed by atoms with E-state index in [4.69, 9.17) is 9.72 Å². The second-order valence-electron chi connectivity index (χ2n) is 7.36. The maximum atomic E-state index is 12.3. The Hall–Kier alpha value is -4.00. The zero-order valence-electron chi connectivity index (χ0n) is 16.9. The SMILES string of the molecule is C=CC(=O)N1CCCC1c1nc(-c2ccc(Oc3cccnc3)cc2)c2cnccn12. The summed E-state index contributed by atoms with van der Waals surface area (Å²) in [4.78, 5) is 27.5. The molecule has 1 amide bonds. The van der Waals surface area contributed by atoms with Crippen molar-refractivity contribution < 1.29 is 9.53 Å². The van der Waals surface area contributed by atoms with E-state index in [-0.39, 0.29) is 11.9 Å². The first-order valence-corrected chi connectivity index (χ1v) is 10.2. The highest BCUT2D eigenvalue weighted by Gasteiger charge is 2.32. The van der Waals surface area contributed by atoms with E-state index < -0.39 is 0 Å². The minimum atomic E-state index is -0.0812. The molecule has 0 N–H and O–H groups in total. The van der Waals surface area contributed by atoms with Gasteiger partial charge in [0.25, 0.3) is 0 Å². The number of carbonyl (C=O) groups excluding carboxylic acids is 1. The van der Waals surface area contributed by atoms with Gasteiger partial charge < -0.3 is 9.64 Å². The molecule has 7 heteroatoms. The molecule has 1 fully saturated rings. The Morgan fingerprint density at radius 3 is 2.71 bits per heavy atom. The molecule has 4 heterocycles. The number of hydrogen-bond donors (Lipinski definition) is 0. The number of nitrogens with zero attached hydrogens (tertiary/aromatic N) is 5. The highest BCUT2D eigenvalue weighted by atomic mass is 16.5. The van der Waals surface area contributed by atoms with E-state index in [0.717, 1.165) is 41.2 Å². The van der Waals surface area contributed by atoms with Crippen LogP contribution in [0.3, 0.4) is 0 Å². The zero-order chi connectivity index (χ0) is 21.2. The molecular formula is C24H21N5O2. The molecule has 3 aromatic heterocycles. The molecule has 1 aromatic carbocycles. The highest BCUT2D eigenvalue weighted by molar-refractivity contribution is 5.87. The topological polar surface area (TPSA) is 72.6 Å². The fourth-order valence-corrected chi connectivity index (χ4v) is 4.05. The minimum absolute atomic E-state index is 0.0632. The van der Waals surface area contributed by atoms with Crippen LogP contribution < -0.4 is 4.74 Å². The lowest BCUT2D eigenvalue weighted by molar-refractivity contribution is -0.127. The summed E-state index contributed by atoms with van der Waals surface area (Å²) in [6.07, 6.45) is 12.0. The van der Waals surface area contributed by atoms with Gasteiger partial charge in [-0.05, 0) is 55.3 Å². The molecule has 4 aromatic rings. The van der Waals surface area contributed by atoms with E-state index in [9.17, 15) is 4.79 Å². The molecule has 1 saturated heterocycles. The molecule has 0 bridgehead atoms. The van der Waals surface area contributed by atoms with Crippen molar-refractivity contribution in [2.24, 2.45) is 0 Å². The van der Waals surface area contributed by atoms with Crippen LogP contribution in [0.25, 0.3) is 16.8 Å². The fraction of sp³-hybridized carbons (Fsp3) is 0.167. The van der Waals surface area contributed by atoms with E-state index in [1.54, 1.807) is 24.8 Å². The molecule has 1 aliphatic rings. The van der Waals surface area contributed by atoms with Crippen molar-refractivity contribution in [3.8, 4) is 22.8 Å². The van der Waals surface area contributed by atoms with Crippen LogP contribution >= 0.6 is 0 Å². The van der Waals surface area contributed by atoms with Gasteiger partial charge in [-0.3, -0.25) is 19.2 Å². The summed E-state index contributed by atoms with van der Waals surface area (Å²) < 4.78 is 7.87. The summed E-state index contributed by atoms with van der Waals surface area (Å²) in [6.45, 7) is 4.36. The quantitative estimate of drug-likeness (QED) is 0.454. The summed E-state index contributed by atoms with van der Waals surface area (Å²) in [7, 11) is 0.